The lowest BCUT2D eigenvalue weighted by atomic mass is 10.2. The largest absolute Gasteiger partial charge is 0.336 e. The number of thioether (sulfide) groups is 1. The maximum Gasteiger partial charge on any atom is 0.210 e. The van der Waals surface area contributed by atoms with Crippen LogP contribution in [0.3, 0.4) is 0 Å². The van der Waals surface area contributed by atoms with E-state index < -0.39 is 0 Å². The molecule has 1 heterocycles. The Hall–Kier alpha value is -0.910. The van der Waals surface area contributed by atoms with Gasteiger partial charge in [-0.2, -0.15) is 0 Å². The number of hydrogen-bond acceptors (Lipinski definition) is 4. The molecule has 0 saturated carbocycles. The summed E-state index contributed by atoms with van der Waals surface area (Å²) in [5.74, 6) is 7.68. The summed E-state index contributed by atoms with van der Waals surface area (Å²) in [6.45, 7) is 4.06. The zero-order valence-corrected chi connectivity index (χ0v) is 12.9. The van der Waals surface area contributed by atoms with Gasteiger partial charge in [0, 0.05) is 11.7 Å². The van der Waals surface area contributed by atoms with Gasteiger partial charge in [-0.15, -0.1) is 10.2 Å². The smallest absolute Gasteiger partial charge is 0.210 e. The van der Waals surface area contributed by atoms with Crippen LogP contribution in [0.25, 0.3) is 0 Å². The van der Waals surface area contributed by atoms with E-state index in [0.29, 0.717) is 21.0 Å². The van der Waals surface area contributed by atoms with Gasteiger partial charge in [-0.05, 0) is 17.7 Å². The molecule has 0 unspecified atom stereocenters. The summed E-state index contributed by atoms with van der Waals surface area (Å²) in [5, 5.41) is 9.96. The highest BCUT2D eigenvalue weighted by molar-refractivity contribution is 7.98. The van der Waals surface area contributed by atoms with Crippen molar-refractivity contribution in [2.75, 3.05) is 5.84 Å². The molecule has 1 aromatic heterocycles. The van der Waals surface area contributed by atoms with Crippen molar-refractivity contribution in [1.29, 1.82) is 0 Å². The van der Waals surface area contributed by atoms with Gasteiger partial charge in [0.1, 0.15) is 0 Å². The van der Waals surface area contributed by atoms with Crippen molar-refractivity contribution in [1.82, 2.24) is 14.9 Å². The normalized spacial score (nSPS) is 11.2. The van der Waals surface area contributed by atoms with Crippen LogP contribution in [0, 0.1) is 0 Å². The van der Waals surface area contributed by atoms with Crippen LogP contribution in [0.15, 0.2) is 23.4 Å². The average molecular weight is 317 g/mol. The van der Waals surface area contributed by atoms with Gasteiger partial charge in [-0.1, -0.05) is 54.9 Å². The summed E-state index contributed by atoms with van der Waals surface area (Å²) in [6.07, 6.45) is 0. The van der Waals surface area contributed by atoms with E-state index in [1.807, 2.05) is 26.0 Å². The number of nitrogens with zero attached hydrogens (tertiary/aromatic N) is 3. The summed E-state index contributed by atoms with van der Waals surface area (Å²) in [7, 11) is 0. The van der Waals surface area contributed by atoms with Crippen LogP contribution >= 0.6 is 35.0 Å². The van der Waals surface area contributed by atoms with Gasteiger partial charge in [0.15, 0.2) is 5.82 Å². The van der Waals surface area contributed by atoms with Crippen LogP contribution in [0.4, 0.5) is 0 Å². The van der Waals surface area contributed by atoms with Gasteiger partial charge >= 0.3 is 0 Å². The predicted octanol–water partition coefficient (Wildman–Crippen LogP) is 3.71. The molecule has 2 rings (SSSR count). The van der Waals surface area contributed by atoms with Crippen molar-refractivity contribution in [3.8, 4) is 0 Å². The number of hydrogen-bond donors (Lipinski definition) is 1. The number of nitrogens with two attached hydrogens (primary N) is 1. The fourth-order valence-electron chi connectivity index (χ4n) is 1.56. The lowest BCUT2D eigenvalue weighted by Crippen LogP contribution is -2.14. The van der Waals surface area contributed by atoms with Crippen molar-refractivity contribution >= 4 is 35.0 Å². The van der Waals surface area contributed by atoms with Crippen molar-refractivity contribution in [2.45, 2.75) is 30.7 Å². The molecule has 19 heavy (non-hydrogen) atoms. The van der Waals surface area contributed by atoms with Gasteiger partial charge in [0.25, 0.3) is 0 Å². The third-order valence-electron chi connectivity index (χ3n) is 2.56. The van der Waals surface area contributed by atoms with E-state index in [1.54, 1.807) is 6.07 Å². The number of nitrogen functional groups attached to an aromatic ring is 1. The average Bonchev–Trinajstić information content (AvgIpc) is 2.72. The lowest BCUT2D eigenvalue weighted by molar-refractivity contribution is 0.712. The molecule has 0 bridgehead atoms. The summed E-state index contributed by atoms with van der Waals surface area (Å²) < 4.78 is 1.53. The van der Waals surface area contributed by atoms with Crippen molar-refractivity contribution in [2.24, 2.45) is 0 Å². The first-order valence-corrected chi connectivity index (χ1v) is 7.50. The Balaban J connectivity index is 2.08. The summed E-state index contributed by atoms with van der Waals surface area (Å²) in [4.78, 5) is 0. The third kappa shape index (κ3) is 3.35. The molecular formula is C12H14Cl2N4S. The van der Waals surface area contributed by atoms with Crippen LogP contribution in [0.1, 0.15) is 31.2 Å². The Labute approximate surface area is 126 Å². The molecule has 0 saturated heterocycles. The predicted molar refractivity (Wildman–Crippen MR) is 80.3 cm³/mol. The molecule has 7 heteroatoms. The summed E-state index contributed by atoms with van der Waals surface area (Å²) in [6, 6.07) is 5.56. The zero-order chi connectivity index (χ0) is 14.0. The van der Waals surface area contributed by atoms with Crippen LogP contribution in [-0.2, 0) is 5.75 Å². The molecule has 0 amide bonds. The van der Waals surface area contributed by atoms with E-state index in [-0.39, 0.29) is 5.92 Å². The maximum atomic E-state index is 5.97. The lowest BCUT2D eigenvalue weighted by Gasteiger charge is -2.06. The highest BCUT2D eigenvalue weighted by atomic mass is 35.5. The second-order valence-corrected chi connectivity index (χ2v) is 6.16. The number of aromatic nitrogens is 3. The molecule has 0 aliphatic heterocycles. The van der Waals surface area contributed by atoms with Gasteiger partial charge < -0.3 is 5.84 Å². The standard InChI is InChI=1S/C12H14Cl2N4S/c1-7(2)11-16-17-12(18(11)15)19-6-8-3-4-9(13)10(14)5-8/h3-5,7H,6,15H2,1-2H3. The van der Waals surface area contributed by atoms with E-state index >= 15 is 0 Å². The SMILES string of the molecule is CC(C)c1nnc(SCc2ccc(Cl)c(Cl)c2)n1N. The first kappa shape index (κ1) is 14.5. The molecule has 0 aliphatic rings. The Morgan fingerprint density at radius 3 is 2.58 bits per heavy atom. The number of halogens is 2. The van der Waals surface area contributed by atoms with Gasteiger partial charge in [-0.25, -0.2) is 4.68 Å². The minimum Gasteiger partial charge on any atom is -0.336 e. The number of benzene rings is 1. The molecule has 102 valence electrons. The first-order valence-electron chi connectivity index (χ1n) is 5.76. The van der Waals surface area contributed by atoms with Crippen molar-refractivity contribution in [3.05, 3.63) is 39.6 Å². The molecule has 0 spiro atoms. The first-order chi connectivity index (χ1) is 8.99. The Morgan fingerprint density at radius 1 is 1.26 bits per heavy atom. The monoisotopic (exact) mass is 316 g/mol. The second-order valence-electron chi connectivity index (χ2n) is 4.40. The van der Waals surface area contributed by atoms with Crippen LogP contribution < -0.4 is 5.84 Å². The van der Waals surface area contributed by atoms with E-state index in [2.05, 4.69) is 10.2 Å². The van der Waals surface area contributed by atoms with Gasteiger partial charge in [0.05, 0.1) is 10.0 Å². The Bertz CT molecular complexity index is 583. The zero-order valence-electron chi connectivity index (χ0n) is 10.6. The number of rotatable bonds is 4. The molecule has 0 atom stereocenters. The second kappa shape index (κ2) is 6.03. The van der Waals surface area contributed by atoms with Gasteiger partial charge in [0.2, 0.25) is 5.16 Å². The molecular weight excluding hydrogens is 303 g/mol. The van der Waals surface area contributed by atoms with Crippen molar-refractivity contribution in [3.63, 3.8) is 0 Å². The third-order valence-corrected chi connectivity index (χ3v) is 4.31. The van der Waals surface area contributed by atoms with Crippen molar-refractivity contribution < 1.29 is 0 Å². The van der Waals surface area contributed by atoms with Crippen LogP contribution in [0.5, 0.6) is 0 Å². The molecule has 2 aromatic rings. The Morgan fingerprint density at radius 2 is 2.00 bits per heavy atom. The minimum absolute atomic E-state index is 0.247. The maximum absolute atomic E-state index is 5.97. The van der Waals surface area contributed by atoms with E-state index in [0.717, 1.165) is 11.4 Å². The molecule has 4 nitrogen and oxygen atoms in total. The molecule has 2 N–H and O–H groups in total. The summed E-state index contributed by atoms with van der Waals surface area (Å²) >= 11 is 13.4. The molecule has 1 aromatic carbocycles. The van der Waals surface area contributed by atoms with Gasteiger partial charge in [-0.3, -0.25) is 0 Å². The minimum atomic E-state index is 0.247. The van der Waals surface area contributed by atoms with Crippen LogP contribution in [-0.4, -0.2) is 14.9 Å². The fraction of sp³-hybridized carbons (Fsp3) is 0.333. The topological polar surface area (TPSA) is 56.7 Å². The summed E-state index contributed by atoms with van der Waals surface area (Å²) in [5.41, 5.74) is 1.06. The highest BCUT2D eigenvalue weighted by Crippen LogP contribution is 2.27. The van der Waals surface area contributed by atoms with Crippen LogP contribution in [0.2, 0.25) is 10.0 Å². The molecule has 0 radical (unpaired) electrons. The molecule has 0 aliphatic carbocycles. The quantitative estimate of drug-likeness (QED) is 0.690. The Kier molecular flexibility index (Phi) is 4.60. The highest BCUT2D eigenvalue weighted by Gasteiger charge is 2.13. The van der Waals surface area contributed by atoms with E-state index in [9.17, 15) is 0 Å². The molecule has 0 fully saturated rings. The van der Waals surface area contributed by atoms with E-state index in [1.165, 1.54) is 16.4 Å². The van der Waals surface area contributed by atoms with E-state index in [4.69, 9.17) is 29.0 Å². The fourth-order valence-corrected chi connectivity index (χ4v) is 2.68.